The van der Waals surface area contributed by atoms with E-state index in [0.29, 0.717) is 29.6 Å². The van der Waals surface area contributed by atoms with Crippen LogP contribution >= 0.6 is 11.6 Å². The molecule has 0 saturated heterocycles. The molecule has 0 aliphatic rings. The lowest BCUT2D eigenvalue weighted by Crippen LogP contribution is -2.36. The lowest BCUT2D eigenvalue weighted by molar-refractivity contribution is 0.604. The number of rotatable bonds is 4. The summed E-state index contributed by atoms with van der Waals surface area (Å²) in [7, 11) is 1.68. The fourth-order valence-electron chi connectivity index (χ4n) is 1.83. The minimum absolute atomic E-state index is 0.224. The summed E-state index contributed by atoms with van der Waals surface area (Å²) < 4.78 is 13.5. The first-order valence-electron chi connectivity index (χ1n) is 6.61. The molecule has 0 spiro atoms. The molecule has 21 heavy (non-hydrogen) atoms. The molecule has 3 nitrogen and oxygen atoms in total. The second-order valence-electron chi connectivity index (χ2n) is 4.50. The Morgan fingerprint density at radius 2 is 1.71 bits per heavy atom. The van der Waals surface area contributed by atoms with E-state index in [1.165, 1.54) is 6.07 Å². The Morgan fingerprint density at radius 3 is 2.38 bits per heavy atom. The predicted octanol–water partition coefficient (Wildman–Crippen LogP) is 3.34. The zero-order valence-corrected chi connectivity index (χ0v) is 12.5. The molecular weight excluding hydrogens is 289 g/mol. The third kappa shape index (κ3) is 4.76. The molecule has 2 rings (SSSR count). The molecule has 0 atom stereocenters. The second kappa shape index (κ2) is 7.64. The second-order valence-corrected chi connectivity index (χ2v) is 4.93. The highest BCUT2D eigenvalue weighted by atomic mass is 35.5. The molecule has 0 radical (unpaired) electrons. The van der Waals surface area contributed by atoms with E-state index in [4.69, 9.17) is 11.6 Å². The number of nitrogens with one attached hydrogen (secondary N) is 2. The number of aliphatic imine (C=N–C) groups is 1. The molecule has 0 bridgehead atoms. The topological polar surface area (TPSA) is 36.4 Å². The Morgan fingerprint density at radius 1 is 1.05 bits per heavy atom. The molecule has 2 aromatic rings. The van der Waals surface area contributed by atoms with Crippen molar-refractivity contribution in [1.82, 2.24) is 10.6 Å². The Balaban J connectivity index is 1.86. The highest BCUT2D eigenvalue weighted by molar-refractivity contribution is 6.30. The van der Waals surface area contributed by atoms with Gasteiger partial charge in [0.05, 0.1) is 0 Å². The first kappa shape index (κ1) is 15.3. The van der Waals surface area contributed by atoms with Gasteiger partial charge in [0.2, 0.25) is 0 Å². The number of halogens is 2. The van der Waals surface area contributed by atoms with Gasteiger partial charge in [-0.3, -0.25) is 4.99 Å². The number of benzene rings is 2. The van der Waals surface area contributed by atoms with Crippen LogP contribution in [-0.4, -0.2) is 13.0 Å². The van der Waals surface area contributed by atoms with Gasteiger partial charge in [0.1, 0.15) is 5.82 Å². The largest absolute Gasteiger partial charge is 0.352 e. The van der Waals surface area contributed by atoms with Crippen LogP contribution in [0.5, 0.6) is 0 Å². The van der Waals surface area contributed by atoms with Crippen molar-refractivity contribution in [2.75, 3.05) is 7.05 Å². The van der Waals surface area contributed by atoms with Crippen molar-refractivity contribution in [3.63, 3.8) is 0 Å². The van der Waals surface area contributed by atoms with Crippen LogP contribution in [0.2, 0.25) is 5.02 Å². The first-order valence-corrected chi connectivity index (χ1v) is 6.99. The summed E-state index contributed by atoms with van der Waals surface area (Å²) in [6.45, 7) is 1.00. The number of hydrogen-bond acceptors (Lipinski definition) is 1. The molecule has 0 amide bonds. The molecule has 110 valence electrons. The molecule has 0 aliphatic heterocycles. The molecule has 0 unspecified atom stereocenters. The third-order valence-electron chi connectivity index (χ3n) is 3.00. The van der Waals surface area contributed by atoms with Crippen LogP contribution in [-0.2, 0) is 13.1 Å². The van der Waals surface area contributed by atoms with Crippen molar-refractivity contribution in [2.45, 2.75) is 13.1 Å². The van der Waals surface area contributed by atoms with Gasteiger partial charge in [-0.15, -0.1) is 0 Å². The smallest absolute Gasteiger partial charge is 0.191 e. The zero-order valence-electron chi connectivity index (χ0n) is 11.7. The maximum Gasteiger partial charge on any atom is 0.191 e. The van der Waals surface area contributed by atoms with Crippen LogP contribution in [0.25, 0.3) is 0 Å². The molecular formula is C16H17ClFN3. The average Bonchev–Trinajstić information content (AvgIpc) is 2.51. The van der Waals surface area contributed by atoms with E-state index in [2.05, 4.69) is 15.6 Å². The van der Waals surface area contributed by atoms with E-state index in [9.17, 15) is 4.39 Å². The van der Waals surface area contributed by atoms with Gasteiger partial charge >= 0.3 is 0 Å². The molecule has 0 saturated carbocycles. The lowest BCUT2D eigenvalue weighted by Gasteiger charge is -2.12. The van der Waals surface area contributed by atoms with Crippen molar-refractivity contribution in [1.29, 1.82) is 0 Å². The Bertz CT molecular complexity index is 611. The van der Waals surface area contributed by atoms with Crippen LogP contribution < -0.4 is 10.6 Å². The van der Waals surface area contributed by atoms with E-state index in [1.807, 2.05) is 30.3 Å². The van der Waals surface area contributed by atoms with Gasteiger partial charge in [-0.1, -0.05) is 41.9 Å². The van der Waals surface area contributed by atoms with Crippen molar-refractivity contribution < 1.29 is 4.39 Å². The summed E-state index contributed by atoms with van der Waals surface area (Å²) >= 11 is 5.84. The standard InChI is InChI=1S/C16H17ClFN3/c1-19-16(20-10-12-6-8-14(17)9-7-12)21-11-13-4-2-3-5-15(13)18/h2-9H,10-11H2,1H3,(H2,19,20,21). The molecule has 0 fully saturated rings. The van der Waals surface area contributed by atoms with Crippen LogP contribution in [0.1, 0.15) is 11.1 Å². The molecule has 0 heterocycles. The van der Waals surface area contributed by atoms with Crippen LogP contribution in [0.4, 0.5) is 4.39 Å². The molecule has 2 aromatic carbocycles. The average molecular weight is 306 g/mol. The quantitative estimate of drug-likeness (QED) is 0.671. The van der Waals surface area contributed by atoms with E-state index in [1.54, 1.807) is 19.2 Å². The fourth-order valence-corrected chi connectivity index (χ4v) is 1.96. The van der Waals surface area contributed by atoms with Gasteiger partial charge in [0.25, 0.3) is 0 Å². The van der Waals surface area contributed by atoms with Gasteiger partial charge in [0, 0.05) is 30.7 Å². The maximum atomic E-state index is 13.5. The van der Waals surface area contributed by atoms with Gasteiger partial charge in [-0.2, -0.15) is 0 Å². The minimum Gasteiger partial charge on any atom is -0.352 e. The Kier molecular flexibility index (Phi) is 5.58. The lowest BCUT2D eigenvalue weighted by atomic mass is 10.2. The predicted molar refractivity (Wildman–Crippen MR) is 84.9 cm³/mol. The first-order chi connectivity index (χ1) is 10.2. The van der Waals surface area contributed by atoms with Crippen molar-refractivity contribution in [2.24, 2.45) is 4.99 Å². The van der Waals surface area contributed by atoms with E-state index in [0.717, 1.165) is 5.56 Å². The van der Waals surface area contributed by atoms with Crippen LogP contribution in [0.3, 0.4) is 0 Å². The zero-order chi connectivity index (χ0) is 15.1. The highest BCUT2D eigenvalue weighted by Gasteiger charge is 2.02. The van der Waals surface area contributed by atoms with Crippen molar-refractivity contribution in [3.05, 3.63) is 70.5 Å². The number of nitrogens with zero attached hydrogens (tertiary/aromatic N) is 1. The summed E-state index contributed by atoms with van der Waals surface area (Å²) in [4.78, 5) is 4.11. The van der Waals surface area contributed by atoms with Gasteiger partial charge in [-0.05, 0) is 23.8 Å². The maximum absolute atomic E-state index is 13.5. The summed E-state index contributed by atoms with van der Waals surface area (Å²) in [6, 6.07) is 14.2. The van der Waals surface area contributed by atoms with E-state index in [-0.39, 0.29) is 5.82 Å². The Labute approximate surface area is 128 Å². The van der Waals surface area contributed by atoms with E-state index < -0.39 is 0 Å². The monoisotopic (exact) mass is 305 g/mol. The normalized spacial score (nSPS) is 11.3. The van der Waals surface area contributed by atoms with E-state index >= 15 is 0 Å². The number of guanidine groups is 1. The Hall–Kier alpha value is -2.07. The summed E-state index contributed by atoms with van der Waals surface area (Å²) in [5, 5.41) is 6.96. The molecule has 0 aromatic heterocycles. The molecule has 2 N–H and O–H groups in total. The number of hydrogen-bond donors (Lipinski definition) is 2. The minimum atomic E-state index is -0.224. The van der Waals surface area contributed by atoms with Crippen molar-refractivity contribution in [3.8, 4) is 0 Å². The SMILES string of the molecule is CN=C(NCc1ccc(Cl)cc1)NCc1ccccc1F. The summed E-state index contributed by atoms with van der Waals surface area (Å²) in [5.74, 6) is 0.395. The van der Waals surface area contributed by atoms with Crippen LogP contribution in [0.15, 0.2) is 53.5 Å². The van der Waals surface area contributed by atoms with Gasteiger partial charge in [0.15, 0.2) is 5.96 Å². The molecule has 0 aliphatic carbocycles. The van der Waals surface area contributed by atoms with Crippen LogP contribution in [0, 0.1) is 5.82 Å². The van der Waals surface area contributed by atoms with Gasteiger partial charge in [-0.25, -0.2) is 4.39 Å². The van der Waals surface area contributed by atoms with Gasteiger partial charge < -0.3 is 10.6 Å². The highest BCUT2D eigenvalue weighted by Crippen LogP contribution is 2.09. The third-order valence-corrected chi connectivity index (χ3v) is 3.25. The summed E-state index contributed by atoms with van der Waals surface area (Å²) in [5.41, 5.74) is 1.69. The fraction of sp³-hybridized carbons (Fsp3) is 0.188. The summed E-state index contributed by atoms with van der Waals surface area (Å²) in [6.07, 6.45) is 0. The van der Waals surface area contributed by atoms with Crippen molar-refractivity contribution >= 4 is 17.6 Å². The molecule has 5 heteroatoms.